The standard InChI is InChI=1S/C15H16IN/c1-5-9-13(16)15-12(8-4)11(7-3)14(17-15)10-6-2/h5-10,17H,1,3-4H2,2H3/b10-6-,13-9+. The van der Waals surface area contributed by atoms with Crippen molar-refractivity contribution in [3.05, 3.63) is 60.5 Å². The first-order valence-electron chi connectivity index (χ1n) is 5.31. The summed E-state index contributed by atoms with van der Waals surface area (Å²) in [5, 5.41) is 0. The molecule has 1 rings (SSSR count). The highest BCUT2D eigenvalue weighted by Crippen LogP contribution is 2.31. The molecular weight excluding hydrogens is 321 g/mol. The largest absolute Gasteiger partial charge is 0.354 e. The number of hydrogen-bond acceptors (Lipinski definition) is 0. The second kappa shape index (κ2) is 6.45. The second-order valence-electron chi connectivity index (χ2n) is 3.40. The molecule has 1 aromatic heterocycles. The van der Waals surface area contributed by atoms with Crippen molar-refractivity contribution in [1.82, 2.24) is 4.98 Å². The van der Waals surface area contributed by atoms with Crippen molar-refractivity contribution in [2.24, 2.45) is 0 Å². The molecule has 0 unspecified atom stereocenters. The minimum absolute atomic E-state index is 1.05. The van der Waals surface area contributed by atoms with E-state index in [2.05, 4.69) is 47.3 Å². The van der Waals surface area contributed by atoms with Gasteiger partial charge in [0.15, 0.2) is 0 Å². The predicted molar refractivity (Wildman–Crippen MR) is 87.9 cm³/mol. The Bertz CT molecular complexity index is 501. The van der Waals surface area contributed by atoms with Gasteiger partial charge >= 0.3 is 0 Å². The van der Waals surface area contributed by atoms with Gasteiger partial charge in [-0.2, -0.15) is 0 Å². The Kier molecular flexibility index (Phi) is 5.22. The molecule has 0 aromatic carbocycles. The van der Waals surface area contributed by atoms with Crippen molar-refractivity contribution >= 4 is 44.4 Å². The van der Waals surface area contributed by atoms with Crippen molar-refractivity contribution < 1.29 is 0 Å². The van der Waals surface area contributed by atoms with E-state index in [0.29, 0.717) is 0 Å². The van der Waals surface area contributed by atoms with Crippen LogP contribution in [0.25, 0.3) is 21.8 Å². The third kappa shape index (κ3) is 2.88. The van der Waals surface area contributed by atoms with Crippen LogP contribution in [0.5, 0.6) is 0 Å². The number of hydrogen-bond donors (Lipinski definition) is 1. The fraction of sp³-hybridized carbons (Fsp3) is 0.0667. The predicted octanol–water partition coefficient (Wildman–Crippen LogP) is 5.30. The van der Waals surface area contributed by atoms with Gasteiger partial charge in [0, 0.05) is 20.4 Å². The molecule has 0 saturated carbocycles. The zero-order chi connectivity index (χ0) is 12.8. The third-order valence-electron chi connectivity index (χ3n) is 2.35. The van der Waals surface area contributed by atoms with E-state index < -0.39 is 0 Å². The molecule has 0 atom stereocenters. The molecule has 17 heavy (non-hydrogen) atoms. The van der Waals surface area contributed by atoms with Crippen LogP contribution in [0.3, 0.4) is 0 Å². The van der Waals surface area contributed by atoms with E-state index in [1.165, 1.54) is 0 Å². The summed E-state index contributed by atoms with van der Waals surface area (Å²) in [6.07, 6.45) is 11.5. The van der Waals surface area contributed by atoms with Crippen molar-refractivity contribution in [2.75, 3.05) is 0 Å². The molecule has 2 heteroatoms. The lowest BCUT2D eigenvalue weighted by Gasteiger charge is -1.98. The smallest absolute Gasteiger partial charge is 0.0600 e. The van der Waals surface area contributed by atoms with Crippen molar-refractivity contribution in [3.8, 4) is 0 Å². The van der Waals surface area contributed by atoms with Crippen LogP contribution in [0.4, 0.5) is 0 Å². The van der Waals surface area contributed by atoms with Gasteiger partial charge in [-0.3, -0.25) is 0 Å². The van der Waals surface area contributed by atoms with Gasteiger partial charge in [0.1, 0.15) is 0 Å². The van der Waals surface area contributed by atoms with Crippen molar-refractivity contribution in [2.45, 2.75) is 6.92 Å². The molecule has 0 fully saturated rings. The summed E-state index contributed by atoms with van der Waals surface area (Å²) in [5.74, 6) is 0. The Hall–Kier alpha value is -1.29. The summed E-state index contributed by atoms with van der Waals surface area (Å²) in [4.78, 5) is 3.38. The fourth-order valence-electron chi connectivity index (χ4n) is 1.65. The topological polar surface area (TPSA) is 15.8 Å². The van der Waals surface area contributed by atoms with E-state index in [9.17, 15) is 0 Å². The van der Waals surface area contributed by atoms with Crippen LogP contribution in [0.2, 0.25) is 0 Å². The van der Waals surface area contributed by atoms with Gasteiger partial charge in [0.05, 0.1) is 5.69 Å². The summed E-state index contributed by atoms with van der Waals surface area (Å²) in [7, 11) is 0. The van der Waals surface area contributed by atoms with E-state index in [1.54, 1.807) is 6.08 Å². The number of aromatic amines is 1. The van der Waals surface area contributed by atoms with Crippen LogP contribution in [-0.2, 0) is 0 Å². The van der Waals surface area contributed by atoms with E-state index in [0.717, 1.165) is 26.1 Å². The van der Waals surface area contributed by atoms with Gasteiger partial charge in [0.2, 0.25) is 0 Å². The van der Waals surface area contributed by atoms with Crippen molar-refractivity contribution in [3.63, 3.8) is 0 Å². The molecule has 0 saturated heterocycles. The van der Waals surface area contributed by atoms with Gasteiger partial charge in [-0.15, -0.1) is 0 Å². The maximum atomic E-state index is 3.87. The normalized spacial score (nSPS) is 11.8. The minimum Gasteiger partial charge on any atom is -0.354 e. The number of H-pyrrole nitrogens is 1. The molecule has 0 aliphatic carbocycles. The van der Waals surface area contributed by atoms with Gasteiger partial charge in [-0.1, -0.05) is 44.0 Å². The average Bonchev–Trinajstić information content (AvgIpc) is 2.67. The first kappa shape index (κ1) is 13.8. The van der Waals surface area contributed by atoms with Crippen LogP contribution in [0.15, 0.2) is 38.0 Å². The molecule has 0 spiro atoms. The lowest BCUT2D eigenvalue weighted by molar-refractivity contribution is 1.33. The summed E-state index contributed by atoms with van der Waals surface area (Å²) in [6, 6.07) is 0. The van der Waals surface area contributed by atoms with E-state index in [4.69, 9.17) is 0 Å². The summed E-state index contributed by atoms with van der Waals surface area (Å²) in [5.41, 5.74) is 4.28. The number of halogens is 1. The van der Waals surface area contributed by atoms with Crippen LogP contribution < -0.4 is 0 Å². The Morgan fingerprint density at radius 2 is 1.82 bits per heavy atom. The van der Waals surface area contributed by atoms with E-state index >= 15 is 0 Å². The molecule has 0 radical (unpaired) electrons. The van der Waals surface area contributed by atoms with Gasteiger partial charge in [0.25, 0.3) is 0 Å². The minimum atomic E-state index is 1.05. The third-order valence-corrected chi connectivity index (χ3v) is 3.25. The molecule has 88 valence electrons. The molecule has 0 aliphatic heterocycles. The molecular formula is C15H16IN. The number of rotatable bonds is 5. The molecule has 0 bridgehead atoms. The first-order chi connectivity index (χ1) is 8.19. The number of allylic oxidation sites excluding steroid dienone is 3. The second-order valence-corrected chi connectivity index (χ2v) is 4.56. The zero-order valence-corrected chi connectivity index (χ0v) is 12.1. The highest BCUT2D eigenvalue weighted by molar-refractivity contribution is 14.1. The van der Waals surface area contributed by atoms with Crippen LogP contribution in [-0.4, -0.2) is 4.98 Å². The maximum absolute atomic E-state index is 3.87. The summed E-state index contributed by atoms with van der Waals surface area (Å²) < 4.78 is 1.10. The molecule has 1 aromatic rings. The van der Waals surface area contributed by atoms with E-state index in [1.807, 2.05) is 37.3 Å². The quantitative estimate of drug-likeness (QED) is 0.555. The lowest BCUT2D eigenvalue weighted by Crippen LogP contribution is -1.80. The van der Waals surface area contributed by atoms with Gasteiger partial charge in [-0.25, -0.2) is 0 Å². The highest BCUT2D eigenvalue weighted by Gasteiger charge is 2.12. The van der Waals surface area contributed by atoms with E-state index in [-0.39, 0.29) is 0 Å². The maximum Gasteiger partial charge on any atom is 0.0600 e. The summed E-state index contributed by atoms with van der Waals surface area (Å²) >= 11 is 2.28. The van der Waals surface area contributed by atoms with Gasteiger partial charge in [-0.05, 0) is 41.7 Å². The molecule has 0 amide bonds. The van der Waals surface area contributed by atoms with Crippen molar-refractivity contribution in [1.29, 1.82) is 0 Å². The number of nitrogens with one attached hydrogen (secondary N) is 1. The van der Waals surface area contributed by atoms with Crippen LogP contribution in [0, 0.1) is 0 Å². The zero-order valence-electron chi connectivity index (χ0n) is 9.96. The highest BCUT2D eigenvalue weighted by atomic mass is 127. The fourth-order valence-corrected chi connectivity index (χ4v) is 2.33. The Morgan fingerprint density at radius 3 is 2.29 bits per heavy atom. The molecule has 1 N–H and O–H groups in total. The number of aromatic nitrogens is 1. The van der Waals surface area contributed by atoms with Gasteiger partial charge < -0.3 is 4.98 Å². The molecule has 0 aliphatic rings. The molecule has 1 heterocycles. The lowest BCUT2D eigenvalue weighted by atomic mass is 10.1. The molecule has 1 nitrogen and oxygen atoms in total. The Morgan fingerprint density at radius 1 is 1.18 bits per heavy atom. The summed E-state index contributed by atoms with van der Waals surface area (Å²) in [6.45, 7) is 13.4. The van der Waals surface area contributed by atoms with Crippen LogP contribution >= 0.6 is 22.6 Å². The SMILES string of the molecule is C=C/C=C(/I)c1[nH]c(/C=C\C)c(C=C)c1C=C. The average molecular weight is 337 g/mol. The Labute approximate surface area is 116 Å². The van der Waals surface area contributed by atoms with Crippen LogP contribution in [0.1, 0.15) is 29.4 Å². The monoisotopic (exact) mass is 337 g/mol. The Balaban J connectivity index is 3.51. The first-order valence-corrected chi connectivity index (χ1v) is 6.39.